The topological polar surface area (TPSA) is 110 Å². The Morgan fingerprint density at radius 3 is 2.58 bits per heavy atom. The maximum Gasteiger partial charge on any atom is 0.255 e. The van der Waals surface area contributed by atoms with Gasteiger partial charge in [-0.25, -0.2) is 4.98 Å². The third-order valence-corrected chi connectivity index (χ3v) is 5.91. The molecule has 33 heavy (non-hydrogen) atoms. The summed E-state index contributed by atoms with van der Waals surface area (Å²) in [6.45, 7) is 1.66. The van der Waals surface area contributed by atoms with Crippen molar-refractivity contribution in [3.05, 3.63) is 83.3 Å². The summed E-state index contributed by atoms with van der Waals surface area (Å²) in [7, 11) is 1.61. The molecule has 3 N–H and O–H groups in total. The van der Waals surface area contributed by atoms with Gasteiger partial charge in [0.25, 0.3) is 11.8 Å². The summed E-state index contributed by atoms with van der Waals surface area (Å²) in [4.78, 5) is 35.6. The van der Waals surface area contributed by atoms with E-state index in [-0.39, 0.29) is 23.6 Å². The van der Waals surface area contributed by atoms with Crippen LogP contribution in [0.15, 0.2) is 60.9 Å². The van der Waals surface area contributed by atoms with Crippen LogP contribution in [0.25, 0.3) is 0 Å². The van der Waals surface area contributed by atoms with Gasteiger partial charge in [-0.1, -0.05) is 12.1 Å². The smallest absolute Gasteiger partial charge is 0.255 e. The second kappa shape index (κ2) is 10.1. The van der Waals surface area contributed by atoms with Crippen LogP contribution >= 0.6 is 0 Å². The molecule has 0 saturated carbocycles. The monoisotopic (exact) mass is 445 g/mol. The van der Waals surface area contributed by atoms with Crippen LogP contribution in [-0.2, 0) is 6.54 Å². The second-order valence-electron chi connectivity index (χ2n) is 8.01. The molecule has 1 saturated heterocycles. The Hall–Kier alpha value is -3.94. The maximum atomic E-state index is 12.6. The lowest BCUT2D eigenvalue weighted by atomic mass is 9.92. The Labute approximate surface area is 192 Å². The first kappa shape index (κ1) is 22.3. The summed E-state index contributed by atoms with van der Waals surface area (Å²) >= 11 is 0. The number of nitrogen functional groups attached to an aromatic ring is 1. The predicted molar refractivity (Wildman–Crippen MR) is 125 cm³/mol. The number of carbonyl (C=O) groups is 2. The van der Waals surface area contributed by atoms with Crippen LogP contribution in [0.1, 0.15) is 50.7 Å². The number of anilines is 1. The molecule has 8 nitrogen and oxygen atoms in total. The molecule has 3 aromatic rings. The van der Waals surface area contributed by atoms with Gasteiger partial charge in [-0.2, -0.15) is 0 Å². The van der Waals surface area contributed by atoms with Gasteiger partial charge in [0.1, 0.15) is 11.6 Å². The van der Waals surface area contributed by atoms with Crippen molar-refractivity contribution in [1.82, 2.24) is 20.2 Å². The van der Waals surface area contributed by atoms with Gasteiger partial charge in [0.05, 0.1) is 12.7 Å². The van der Waals surface area contributed by atoms with E-state index in [0.29, 0.717) is 30.8 Å². The SMILES string of the molecule is COc1cccc(CNC(=O)c2ccc(C3CCN(C(=O)c4ccncc4)CC3)nc2N)c1. The molecule has 0 unspecified atom stereocenters. The number of methoxy groups -OCH3 is 1. The normalized spacial score (nSPS) is 14.0. The van der Waals surface area contributed by atoms with Gasteiger partial charge in [0, 0.05) is 49.2 Å². The summed E-state index contributed by atoms with van der Waals surface area (Å²) in [6, 6.07) is 14.6. The van der Waals surface area contributed by atoms with Crippen LogP contribution < -0.4 is 15.8 Å². The highest BCUT2D eigenvalue weighted by atomic mass is 16.5. The van der Waals surface area contributed by atoms with Gasteiger partial charge >= 0.3 is 0 Å². The molecule has 2 amide bonds. The number of ether oxygens (including phenoxy) is 1. The quantitative estimate of drug-likeness (QED) is 0.603. The van der Waals surface area contributed by atoms with Gasteiger partial charge < -0.3 is 20.7 Å². The number of nitrogens with zero attached hydrogens (tertiary/aromatic N) is 3. The lowest BCUT2D eigenvalue weighted by Crippen LogP contribution is -2.38. The zero-order valence-electron chi connectivity index (χ0n) is 18.5. The number of hydrogen-bond acceptors (Lipinski definition) is 6. The molecular formula is C25H27N5O3. The van der Waals surface area contributed by atoms with Crippen molar-refractivity contribution in [3.63, 3.8) is 0 Å². The first-order valence-electron chi connectivity index (χ1n) is 10.9. The van der Waals surface area contributed by atoms with Gasteiger partial charge in [-0.15, -0.1) is 0 Å². The Morgan fingerprint density at radius 2 is 1.88 bits per heavy atom. The van der Waals surface area contributed by atoms with Gasteiger partial charge in [-0.05, 0) is 54.8 Å². The van der Waals surface area contributed by atoms with E-state index in [0.717, 1.165) is 29.8 Å². The van der Waals surface area contributed by atoms with Gasteiger partial charge in [0.2, 0.25) is 0 Å². The molecule has 4 rings (SSSR count). The lowest BCUT2D eigenvalue weighted by molar-refractivity contribution is 0.0711. The number of piperidine rings is 1. The number of aromatic nitrogens is 2. The number of amides is 2. The summed E-state index contributed by atoms with van der Waals surface area (Å²) < 4.78 is 5.21. The van der Waals surface area contributed by atoms with Crippen LogP contribution in [0.3, 0.4) is 0 Å². The molecule has 0 radical (unpaired) electrons. The van der Waals surface area contributed by atoms with Crippen molar-refractivity contribution in [2.24, 2.45) is 0 Å². The molecule has 170 valence electrons. The number of likely N-dealkylation sites (tertiary alicyclic amines) is 1. The van der Waals surface area contributed by atoms with E-state index >= 15 is 0 Å². The molecule has 0 aliphatic carbocycles. The molecule has 0 bridgehead atoms. The third-order valence-electron chi connectivity index (χ3n) is 5.91. The number of pyridine rings is 2. The summed E-state index contributed by atoms with van der Waals surface area (Å²) in [5.74, 6) is 0.896. The minimum atomic E-state index is -0.271. The Balaban J connectivity index is 1.34. The summed E-state index contributed by atoms with van der Waals surface area (Å²) in [5.41, 5.74) is 8.92. The number of rotatable bonds is 6. The predicted octanol–water partition coefficient (Wildman–Crippen LogP) is 3.02. The van der Waals surface area contributed by atoms with Crippen LogP contribution in [0, 0.1) is 0 Å². The highest BCUT2D eigenvalue weighted by molar-refractivity contribution is 5.98. The fourth-order valence-corrected chi connectivity index (χ4v) is 4.03. The highest BCUT2D eigenvalue weighted by Gasteiger charge is 2.26. The maximum absolute atomic E-state index is 12.6. The molecule has 0 spiro atoms. The van der Waals surface area contributed by atoms with Crippen LogP contribution in [-0.4, -0.2) is 46.9 Å². The van der Waals surface area contributed by atoms with Crippen LogP contribution in [0.2, 0.25) is 0 Å². The number of hydrogen-bond donors (Lipinski definition) is 2. The zero-order valence-corrected chi connectivity index (χ0v) is 18.5. The zero-order chi connectivity index (χ0) is 23.2. The first-order chi connectivity index (χ1) is 16.0. The van der Waals surface area contributed by atoms with Crippen molar-refractivity contribution in [2.75, 3.05) is 25.9 Å². The summed E-state index contributed by atoms with van der Waals surface area (Å²) in [6.07, 6.45) is 4.84. The minimum Gasteiger partial charge on any atom is -0.497 e. The minimum absolute atomic E-state index is 0.0198. The van der Waals surface area contributed by atoms with Gasteiger partial charge in [0.15, 0.2) is 0 Å². The molecule has 1 aliphatic rings. The van der Waals surface area contributed by atoms with Crippen molar-refractivity contribution in [1.29, 1.82) is 0 Å². The van der Waals surface area contributed by atoms with Crippen molar-refractivity contribution < 1.29 is 14.3 Å². The fourth-order valence-electron chi connectivity index (χ4n) is 4.03. The molecule has 1 aromatic carbocycles. The van der Waals surface area contributed by atoms with E-state index in [1.807, 2.05) is 35.2 Å². The number of benzene rings is 1. The van der Waals surface area contributed by atoms with E-state index in [1.54, 1.807) is 37.7 Å². The van der Waals surface area contributed by atoms with E-state index in [9.17, 15) is 9.59 Å². The fraction of sp³-hybridized carbons (Fsp3) is 0.280. The van der Waals surface area contributed by atoms with Gasteiger partial charge in [-0.3, -0.25) is 14.6 Å². The van der Waals surface area contributed by atoms with E-state index < -0.39 is 0 Å². The first-order valence-corrected chi connectivity index (χ1v) is 10.9. The van der Waals surface area contributed by atoms with Crippen molar-refractivity contribution in [3.8, 4) is 5.75 Å². The largest absolute Gasteiger partial charge is 0.497 e. The Morgan fingerprint density at radius 1 is 1.12 bits per heavy atom. The number of nitrogens with two attached hydrogens (primary N) is 1. The molecule has 8 heteroatoms. The van der Waals surface area contributed by atoms with Crippen molar-refractivity contribution in [2.45, 2.75) is 25.3 Å². The van der Waals surface area contributed by atoms with E-state index in [2.05, 4.69) is 15.3 Å². The van der Waals surface area contributed by atoms with Crippen molar-refractivity contribution >= 4 is 17.6 Å². The molecular weight excluding hydrogens is 418 g/mol. The second-order valence-corrected chi connectivity index (χ2v) is 8.01. The van der Waals surface area contributed by atoms with Crippen LogP contribution in [0.5, 0.6) is 5.75 Å². The third kappa shape index (κ3) is 5.28. The number of nitrogens with one attached hydrogen (secondary N) is 1. The standard InChI is InChI=1S/C25H27N5O3/c1-33-20-4-2-3-17(15-20)16-28-24(31)21-5-6-22(29-23(21)26)18-9-13-30(14-10-18)25(32)19-7-11-27-12-8-19/h2-8,11-12,15,18H,9-10,13-14,16H2,1H3,(H2,26,29)(H,28,31). The molecule has 3 heterocycles. The molecule has 1 aliphatic heterocycles. The Kier molecular flexibility index (Phi) is 6.83. The van der Waals surface area contributed by atoms with E-state index in [1.165, 1.54) is 0 Å². The number of carbonyl (C=O) groups excluding carboxylic acids is 2. The summed E-state index contributed by atoms with van der Waals surface area (Å²) in [5, 5.41) is 2.88. The molecule has 1 fully saturated rings. The Bertz CT molecular complexity index is 1130. The lowest BCUT2D eigenvalue weighted by Gasteiger charge is -2.32. The average molecular weight is 446 g/mol. The van der Waals surface area contributed by atoms with Crippen LogP contribution in [0.4, 0.5) is 5.82 Å². The molecule has 2 aromatic heterocycles. The highest BCUT2D eigenvalue weighted by Crippen LogP contribution is 2.28. The average Bonchev–Trinajstić information content (AvgIpc) is 2.87. The molecule has 0 atom stereocenters. The van der Waals surface area contributed by atoms with E-state index in [4.69, 9.17) is 10.5 Å².